The fourth-order valence-electron chi connectivity index (χ4n) is 1.49. The summed E-state index contributed by atoms with van der Waals surface area (Å²) < 4.78 is 10.3. The van der Waals surface area contributed by atoms with Gasteiger partial charge in [-0.1, -0.05) is 13.3 Å². The average Bonchev–Trinajstić information content (AvgIpc) is 2.39. The van der Waals surface area contributed by atoms with Gasteiger partial charge >= 0.3 is 11.8 Å². The Morgan fingerprint density at radius 1 is 1.53 bits per heavy atom. The third kappa shape index (κ3) is 4.20. The van der Waals surface area contributed by atoms with Crippen molar-refractivity contribution in [2.75, 3.05) is 6.61 Å². The number of hydrogen-bond acceptors (Lipinski definition) is 6. The zero-order chi connectivity index (χ0) is 14.3. The van der Waals surface area contributed by atoms with Crippen molar-refractivity contribution in [2.45, 2.75) is 32.8 Å². The van der Waals surface area contributed by atoms with Gasteiger partial charge in [0.2, 0.25) is 5.75 Å². The number of hydrogen-bond donors (Lipinski definition) is 0. The van der Waals surface area contributed by atoms with E-state index >= 15 is 0 Å². The molecule has 1 aromatic heterocycles. The lowest BCUT2D eigenvalue weighted by Crippen LogP contribution is -2.29. The molecule has 0 aliphatic heterocycles. The number of aromatic nitrogens is 1. The van der Waals surface area contributed by atoms with Crippen LogP contribution in [0.3, 0.4) is 0 Å². The molecule has 1 atom stereocenters. The van der Waals surface area contributed by atoms with Gasteiger partial charge in [-0.3, -0.25) is 0 Å². The fraction of sp³-hybridized carbons (Fsp3) is 0.500. The monoisotopic (exact) mass is 268 g/mol. The van der Waals surface area contributed by atoms with E-state index in [4.69, 9.17) is 9.47 Å². The van der Waals surface area contributed by atoms with Crippen molar-refractivity contribution in [3.05, 3.63) is 28.4 Å². The van der Waals surface area contributed by atoms with Crippen molar-refractivity contribution in [1.82, 2.24) is 4.98 Å². The summed E-state index contributed by atoms with van der Waals surface area (Å²) in [6.07, 6.45) is 1.56. The molecular formula is C12H16N2O5. The number of carbonyl (C=O) groups excluding carboxylic acids is 1. The maximum absolute atomic E-state index is 11.7. The molecular weight excluding hydrogens is 252 g/mol. The highest BCUT2D eigenvalue weighted by atomic mass is 16.6. The zero-order valence-corrected chi connectivity index (χ0v) is 10.9. The van der Waals surface area contributed by atoms with Crippen LogP contribution in [0.1, 0.15) is 26.7 Å². The molecule has 1 unspecified atom stereocenters. The molecule has 0 spiro atoms. The molecule has 1 heterocycles. The lowest BCUT2D eigenvalue weighted by molar-refractivity contribution is -0.390. The van der Waals surface area contributed by atoms with Crippen LogP contribution in [0.4, 0.5) is 5.82 Å². The van der Waals surface area contributed by atoms with Gasteiger partial charge in [0, 0.05) is 0 Å². The quantitative estimate of drug-likeness (QED) is 0.427. The maximum Gasteiger partial charge on any atom is 0.406 e. The van der Waals surface area contributed by atoms with E-state index in [1.807, 2.05) is 6.92 Å². The summed E-state index contributed by atoms with van der Waals surface area (Å²) in [4.78, 5) is 25.5. The molecule has 0 saturated heterocycles. The highest BCUT2D eigenvalue weighted by molar-refractivity contribution is 5.75. The van der Waals surface area contributed by atoms with Crippen LogP contribution >= 0.6 is 0 Å². The van der Waals surface area contributed by atoms with Crippen molar-refractivity contribution in [3.63, 3.8) is 0 Å². The zero-order valence-electron chi connectivity index (χ0n) is 10.9. The summed E-state index contributed by atoms with van der Waals surface area (Å²) >= 11 is 0. The molecule has 0 aliphatic rings. The Morgan fingerprint density at radius 2 is 2.26 bits per heavy atom. The van der Waals surface area contributed by atoms with Crippen molar-refractivity contribution >= 4 is 11.8 Å². The van der Waals surface area contributed by atoms with Gasteiger partial charge in [-0.2, -0.15) is 0 Å². The Morgan fingerprint density at radius 3 is 2.84 bits per heavy atom. The molecule has 1 aromatic rings. The summed E-state index contributed by atoms with van der Waals surface area (Å²) in [5, 5.41) is 10.8. The minimum absolute atomic E-state index is 0.0287. The lowest BCUT2D eigenvalue weighted by atomic mass is 10.2. The van der Waals surface area contributed by atoms with E-state index in [1.54, 1.807) is 6.92 Å². The Hall–Kier alpha value is -2.18. The van der Waals surface area contributed by atoms with Crippen LogP contribution in [-0.4, -0.2) is 28.6 Å². The minimum Gasteiger partial charge on any atom is -0.470 e. The second-order valence-corrected chi connectivity index (χ2v) is 3.73. The Bertz CT molecular complexity index is 450. The van der Waals surface area contributed by atoms with Crippen LogP contribution < -0.4 is 4.74 Å². The first-order valence-electron chi connectivity index (χ1n) is 6.02. The number of carbonyl (C=O) groups is 1. The van der Waals surface area contributed by atoms with E-state index in [9.17, 15) is 14.9 Å². The molecule has 104 valence electrons. The summed E-state index contributed by atoms with van der Waals surface area (Å²) in [7, 11) is 0. The smallest absolute Gasteiger partial charge is 0.406 e. The Balaban J connectivity index is 2.90. The van der Waals surface area contributed by atoms with Crippen LogP contribution in [0.25, 0.3) is 0 Å². The molecule has 0 aliphatic carbocycles. The van der Waals surface area contributed by atoms with Crippen molar-refractivity contribution in [1.29, 1.82) is 0 Å². The van der Waals surface area contributed by atoms with E-state index in [0.29, 0.717) is 12.8 Å². The number of esters is 1. The highest BCUT2D eigenvalue weighted by Crippen LogP contribution is 2.25. The molecule has 19 heavy (non-hydrogen) atoms. The van der Waals surface area contributed by atoms with E-state index in [1.165, 1.54) is 18.3 Å². The largest absolute Gasteiger partial charge is 0.470 e. The SMILES string of the molecule is CCCC(Oc1cccnc1[N+](=O)[O-])C(=O)OCC. The fourth-order valence-corrected chi connectivity index (χ4v) is 1.49. The van der Waals surface area contributed by atoms with Gasteiger partial charge in [0.25, 0.3) is 0 Å². The first-order chi connectivity index (χ1) is 9.10. The molecule has 1 rings (SSSR count). The van der Waals surface area contributed by atoms with Crippen LogP contribution in [0.15, 0.2) is 18.3 Å². The Kier molecular flexibility index (Phi) is 5.72. The van der Waals surface area contributed by atoms with Gasteiger partial charge < -0.3 is 19.6 Å². The number of nitrogens with zero attached hydrogens (tertiary/aromatic N) is 2. The maximum atomic E-state index is 11.7. The minimum atomic E-state index is -0.854. The topological polar surface area (TPSA) is 91.6 Å². The molecule has 7 heteroatoms. The van der Waals surface area contributed by atoms with Crippen LogP contribution in [-0.2, 0) is 9.53 Å². The predicted molar refractivity (Wildman–Crippen MR) is 66.8 cm³/mol. The number of pyridine rings is 1. The number of ether oxygens (including phenoxy) is 2. The van der Waals surface area contributed by atoms with Gasteiger partial charge in [0.1, 0.15) is 6.20 Å². The van der Waals surface area contributed by atoms with E-state index in [0.717, 1.165) is 0 Å². The van der Waals surface area contributed by atoms with Crippen LogP contribution in [0.5, 0.6) is 5.75 Å². The third-order valence-electron chi connectivity index (χ3n) is 2.29. The third-order valence-corrected chi connectivity index (χ3v) is 2.29. The first kappa shape index (κ1) is 14.9. The van der Waals surface area contributed by atoms with Crippen LogP contribution in [0, 0.1) is 10.1 Å². The second-order valence-electron chi connectivity index (χ2n) is 3.73. The molecule has 0 aromatic carbocycles. The Labute approximate surface area is 110 Å². The molecule has 0 N–H and O–H groups in total. The molecule has 0 fully saturated rings. The summed E-state index contributed by atoms with van der Waals surface area (Å²) in [5.74, 6) is -0.964. The number of rotatable bonds is 7. The van der Waals surface area contributed by atoms with Gasteiger partial charge in [-0.15, -0.1) is 0 Å². The predicted octanol–water partition coefficient (Wildman–Crippen LogP) is 2.10. The van der Waals surface area contributed by atoms with E-state index < -0.39 is 22.8 Å². The van der Waals surface area contributed by atoms with Gasteiger partial charge in [0.15, 0.2) is 6.10 Å². The highest BCUT2D eigenvalue weighted by Gasteiger charge is 2.25. The molecule has 0 radical (unpaired) electrons. The van der Waals surface area contributed by atoms with E-state index in [2.05, 4.69) is 4.98 Å². The average molecular weight is 268 g/mol. The summed E-state index contributed by atoms with van der Waals surface area (Å²) in [6, 6.07) is 2.92. The molecule has 0 bridgehead atoms. The standard InChI is InChI=1S/C12H16N2O5/c1-3-6-10(12(15)18-4-2)19-9-7-5-8-13-11(9)14(16)17/h5,7-8,10H,3-4,6H2,1-2H3. The molecule has 0 saturated carbocycles. The van der Waals surface area contributed by atoms with Gasteiger partial charge in [0.05, 0.1) is 6.61 Å². The van der Waals surface area contributed by atoms with Gasteiger partial charge in [-0.05, 0) is 35.4 Å². The van der Waals surface area contributed by atoms with Crippen molar-refractivity contribution in [3.8, 4) is 5.75 Å². The molecule has 0 amide bonds. The van der Waals surface area contributed by atoms with Crippen molar-refractivity contribution < 1.29 is 19.2 Å². The summed E-state index contributed by atoms with van der Waals surface area (Å²) in [5.41, 5.74) is 0. The van der Waals surface area contributed by atoms with E-state index in [-0.39, 0.29) is 12.4 Å². The van der Waals surface area contributed by atoms with Crippen LogP contribution in [0.2, 0.25) is 0 Å². The second kappa shape index (κ2) is 7.30. The van der Waals surface area contributed by atoms with Gasteiger partial charge in [-0.25, -0.2) is 4.79 Å². The number of nitro groups is 1. The van der Waals surface area contributed by atoms with Crippen molar-refractivity contribution in [2.24, 2.45) is 0 Å². The molecule has 7 nitrogen and oxygen atoms in total. The first-order valence-corrected chi connectivity index (χ1v) is 6.02. The summed E-state index contributed by atoms with van der Waals surface area (Å²) in [6.45, 7) is 3.80. The normalized spacial score (nSPS) is 11.7. The lowest BCUT2D eigenvalue weighted by Gasteiger charge is -2.16.